The summed E-state index contributed by atoms with van der Waals surface area (Å²) in [4.78, 5) is 29.3. The van der Waals surface area contributed by atoms with Crippen LogP contribution in [0.15, 0.2) is 66.7 Å². The number of nitrogens with two attached hydrogens (primary N) is 1. The van der Waals surface area contributed by atoms with Gasteiger partial charge in [-0.15, -0.1) is 12.4 Å². The molecule has 0 fully saturated rings. The number of rotatable bonds is 8. The molecular weight excluding hydrogens is 509 g/mol. The average molecular weight is 535 g/mol. The van der Waals surface area contributed by atoms with E-state index in [4.69, 9.17) is 28.9 Å². The van der Waals surface area contributed by atoms with Crippen molar-refractivity contribution in [1.29, 1.82) is 0 Å². The van der Waals surface area contributed by atoms with Crippen molar-refractivity contribution in [3.8, 4) is 0 Å². The second-order valence-corrected chi connectivity index (χ2v) is 9.03. The fourth-order valence-corrected chi connectivity index (χ4v) is 5.00. The Labute approximate surface area is 220 Å². The van der Waals surface area contributed by atoms with Crippen LogP contribution in [0.2, 0.25) is 10.0 Å². The fourth-order valence-electron chi connectivity index (χ4n) is 4.38. The van der Waals surface area contributed by atoms with E-state index in [0.717, 1.165) is 12.1 Å². The smallest absolute Gasteiger partial charge is 0.268 e. The molecule has 0 spiro atoms. The van der Waals surface area contributed by atoms with Crippen LogP contribution in [-0.2, 0) is 16.9 Å². The van der Waals surface area contributed by atoms with Crippen LogP contribution in [0.25, 0.3) is 0 Å². The second kappa shape index (κ2) is 11.0. The highest BCUT2D eigenvalue weighted by atomic mass is 35.5. The van der Waals surface area contributed by atoms with E-state index in [-0.39, 0.29) is 45.7 Å². The largest absolute Gasteiger partial charge is 0.372 e. The molecule has 6 nitrogen and oxygen atoms in total. The molecule has 184 valence electrons. The Morgan fingerprint density at radius 2 is 1.71 bits per heavy atom. The van der Waals surface area contributed by atoms with E-state index < -0.39 is 17.4 Å². The summed E-state index contributed by atoms with van der Waals surface area (Å²) >= 11 is 12.9. The molecular formula is C26H26Cl3N3O3. The first-order valence-electron chi connectivity index (χ1n) is 11.0. The summed E-state index contributed by atoms with van der Waals surface area (Å²) in [5, 5.41) is 12.1. The predicted molar refractivity (Wildman–Crippen MR) is 141 cm³/mol. The number of fused-ring (bicyclic) bond motifs is 1. The molecule has 3 N–H and O–H groups in total. The third kappa shape index (κ3) is 5.03. The lowest BCUT2D eigenvalue weighted by atomic mass is 9.87. The number of anilines is 1. The zero-order valence-corrected chi connectivity index (χ0v) is 21.4. The van der Waals surface area contributed by atoms with Crippen LogP contribution in [0.4, 0.5) is 5.69 Å². The molecule has 0 radical (unpaired) electrons. The van der Waals surface area contributed by atoms with Gasteiger partial charge in [0.2, 0.25) is 5.91 Å². The third-order valence-electron chi connectivity index (χ3n) is 6.16. The van der Waals surface area contributed by atoms with Crippen molar-refractivity contribution in [3.63, 3.8) is 0 Å². The van der Waals surface area contributed by atoms with E-state index in [1.54, 1.807) is 24.3 Å². The molecule has 0 aliphatic carbocycles. The number of carbonyl (C=O) groups excluding carboxylic acids is 2. The Morgan fingerprint density at radius 1 is 1.06 bits per heavy atom. The Kier molecular flexibility index (Phi) is 8.46. The molecule has 1 unspecified atom stereocenters. The maximum atomic E-state index is 13.8. The van der Waals surface area contributed by atoms with Crippen molar-refractivity contribution in [2.75, 3.05) is 24.5 Å². The van der Waals surface area contributed by atoms with Gasteiger partial charge in [0.15, 0.2) is 5.60 Å². The summed E-state index contributed by atoms with van der Waals surface area (Å²) in [5.74, 6) is -1.25. The van der Waals surface area contributed by atoms with Gasteiger partial charge in [-0.1, -0.05) is 78.7 Å². The van der Waals surface area contributed by atoms with E-state index in [0.29, 0.717) is 18.8 Å². The highest BCUT2D eigenvalue weighted by molar-refractivity contribution is 6.35. The molecule has 2 amide bonds. The van der Waals surface area contributed by atoms with Crippen LogP contribution >= 0.6 is 35.6 Å². The molecule has 3 aromatic rings. The standard InChI is InChI=1S/C26H25Cl2N3O3.ClH/c1-2-30(16-17-8-4-3-5-9-17)12-13-31-22-15-18(24(29)32)14-21(28)23(22)26(34,25(31)33)19-10-6-7-11-20(19)27;/h3-11,14-15,34H,2,12-13,16H2,1H3,(H2,29,32);1H. The van der Waals surface area contributed by atoms with Crippen LogP contribution in [0.1, 0.15) is 34.0 Å². The van der Waals surface area contributed by atoms with E-state index >= 15 is 0 Å². The van der Waals surface area contributed by atoms with E-state index in [1.807, 2.05) is 37.3 Å². The summed E-state index contributed by atoms with van der Waals surface area (Å²) in [6.07, 6.45) is 0. The average Bonchev–Trinajstić information content (AvgIpc) is 3.04. The van der Waals surface area contributed by atoms with Crippen LogP contribution in [-0.4, -0.2) is 41.5 Å². The Balaban J connectivity index is 0.00000342. The van der Waals surface area contributed by atoms with Crippen molar-refractivity contribution in [1.82, 2.24) is 4.90 Å². The quantitative estimate of drug-likeness (QED) is 0.442. The van der Waals surface area contributed by atoms with Gasteiger partial charge in [-0.3, -0.25) is 14.5 Å². The van der Waals surface area contributed by atoms with Crippen LogP contribution in [0, 0.1) is 0 Å². The molecule has 9 heteroatoms. The van der Waals surface area contributed by atoms with Gasteiger partial charge >= 0.3 is 0 Å². The minimum absolute atomic E-state index is 0. The lowest BCUT2D eigenvalue weighted by Gasteiger charge is -2.27. The van der Waals surface area contributed by atoms with Crippen LogP contribution in [0.3, 0.4) is 0 Å². The lowest BCUT2D eigenvalue weighted by molar-refractivity contribution is -0.132. The van der Waals surface area contributed by atoms with Gasteiger partial charge in [-0.2, -0.15) is 0 Å². The molecule has 0 saturated carbocycles. The van der Waals surface area contributed by atoms with Crippen molar-refractivity contribution in [2.24, 2.45) is 5.73 Å². The number of nitrogens with zero attached hydrogens (tertiary/aromatic N) is 2. The molecule has 1 aliphatic rings. The summed E-state index contributed by atoms with van der Waals surface area (Å²) in [7, 11) is 0. The fraction of sp³-hybridized carbons (Fsp3) is 0.231. The predicted octanol–water partition coefficient (Wildman–Crippen LogP) is 4.62. The van der Waals surface area contributed by atoms with E-state index in [2.05, 4.69) is 4.90 Å². The van der Waals surface area contributed by atoms with Crippen molar-refractivity contribution in [2.45, 2.75) is 19.1 Å². The molecule has 4 rings (SSSR count). The molecule has 0 bridgehead atoms. The highest BCUT2D eigenvalue weighted by Crippen LogP contribution is 2.49. The number of benzene rings is 3. The number of carbonyl (C=O) groups is 2. The molecule has 0 aromatic heterocycles. The van der Waals surface area contributed by atoms with Gasteiger partial charge in [0.05, 0.1) is 10.7 Å². The van der Waals surface area contributed by atoms with Gasteiger partial charge in [0.1, 0.15) is 0 Å². The van der Waals surface area contributed by atoms with E-state index in [1.165, 1.54) is 17.0 Å². The highest BCUT2D eigenvalue weighted by Gasteiger charge is 2.53. The lowest BCUT2D eigenvalue weighted by Crippen LogP contribution is -2.44. The minimum atomic E-state index is -2.09. The maximum absolute atomic E-state index is 13.8. The number of likely N-dealkylation sites (N-methyl/N-ethyl adjacent to an activating group) is 1. The number of aliphatic hydroxyl groups is 1. The molecule has 0 saturated heterocycles. The van der Waals surface area contributed by atoms with Crippen molar-refractivity contribution < 1.29 is 14.7 Å². The summed E-state index contributed by atoms with van der Waals surface area (Å²) in [5.41, 5.74) is 5.50. The number of primary amides is 1. The number of hydrogen-bond donors (Lipinski definition) is 2. The monoisotopic (exact) mass is 533 g/mol. The van der Waals surface area contributed by atoms with E-state index in [9.17, 15) is 14.7 Å². The van der Waals surface area contributed by atoms with Crippen LogP contribution < -0.4 is 10.6 Å². The minimum Gasteiger partial charge on any atom is -0.372 e. The zero-order valence-electron chi connectivity index (χ0n) is 19.1. The number of hydrogen-bond acceptors (Lipinski definition) is 4. The third-order valence-corrected chi connectivity index (χ3v) is 6.79. The van der Waals surface area contributed by atoms with Crippen molar-refractivity contribution >= 4 is 53.1 Å². The molecule has 3 aromatic carbocycles. The normalized spacial score (nSPS) is 16.8. The first-order valence-corrected chi connectivity index (χ1v) is 11.7. The van der Waals surface area contributed by atoms with Gasteiger partial charge in [-0.05, 0) is 30.3 Å². The summed E-state index contributed by atoms with van der Waals surface area (Å²) < 4.78 is 0. The van der Waals surface area contributed by atoms with Crippen molar-refractivity contribution in [3.05, 3.63) is 99.0 Å². The van der Waals surface area contributed by atoms with Gasteiger partial charge in [0, 0.05) is 41.3 Å². The Morgan fingerprint density at radius 3 is 2.34 bits per heavy atom. The molecule has 1 atom stereocenters. The number of halogens is 3. The zero-order chi connectivity index (χ0) is 24.5. The first-order chi connectivity index (χ1) is 16.3. The summed E-state index contributed by atoms with van der Waals surface area (Å²) in [6, 6.07) is 19.5. The molecule has 35 heavy (non-hydrogen) atoms. The van der Waals surface area contributed by atoms with Gasteiger partial charge in [0.25, 0.3) is 5.91 Å². The SMILES string of the molecule is CCN(CCN1C(=O)C(O)(c2ccccc2Cl)c2c(Cl)cc(C(N)=O)cc21)Cc1ccccc1.Cl. The number of amides is 2. The Hall–Kier alpha value is -2.61. The molecule has 1 aliphatic heterocycles. The first kappa shape index (κ1) is 27.0. The Bertz CT molecular complexity index is 1240. The maximum Gasteiger partial charge on any atom is 0.268 e. The second-order valence-electron chi connectivity index (χ2n) is 8.22. The summed E-state index contributed by atoms with van der Waals surface area (Å²) in [6.45, 7) is 4.33. The van der Waals surface area contributed by atoms with Gasteiger partial charge < -0.3 is 15.7 Å². The topological polar surface area (TPSA) is 86.9 Å². The molecule has 1 heterocycles. The van der Waals surface area contributed by atoms with Crippen LogP contribution in [0.5, 0.6) is 0 Å². The van der Waals surface area contributed by atoms with Gasteiger partial charge in [-0.25, -0.2) is 0 Å².